The first kappa shape index (κ1) is 25.5. The number of aromatic nitrogens is 3. The quantitative estimate of drug-likeness (QED) is 0.222. The van der Waals surface area contributed by atoms with Crippen molar-refractivity contribution in [2.45, 2.75) is 23.5 Å². The molecule has 2 aromatic carbocycles. The van der Waals surface area contributed by atoms with Crippen LogP contribution in [0.1, 0.15) is 29.0 Å². The number of thiophene rings is 1. The molecule has 0 saturated heterocycles. The molecule has 1 unspecified atom stereocenters. The molecule has 11 heteroatoms. The van der Waals surface area contributed by atoms with Gasteiger partial charge < -0.3 is 10.2 Å². The molecule has 190 valence electrons. The number of sulfonamides is 1. The summed E-state index contributed by atoms with van der Waals surface area (Å²) < 4.78 is 30.0. The Morgan fingerprint density at radius 3 is 2.70 bits per heavy atom. The molecule has 0 radical (unpaired) electrons. The third-order valence-corrected chi connectivity index (χ3v) is 9.07. The molecule has 37 heavy (non-hydrogen) atoms. The fourth-order valence-corrected chi connectivity index (χ4v) is 6.70. The van der Waals surface area contributed by atoms with Crippen LogP contribution in [0.3, 0.4) is 0 Å². The van der Waals surface area contributed by atoms with Crippen molar-refractivity contribution in [2.75, 3.05) is 6.61 Å². The van der Waals surface area contributed by atoms with E-state index in [1.165, 1.54) is 30.7 Å². The number of aliphatic hydroxyl groups is 2. The Bertz CT molecular complexity index is 1670. The van der Waals surface area contributed by atoms with Gasteiger partial charge in [0, 0.05) is 32.6 Å². The predicted octanol–water partition coefficient (Wildman–Crippen LogP) is 4.61. The highest BCUT2D eigenvalue weighted by atomic mass is 35.5. The van der Waals surface area contributed by atoms with Crippen molar-refractivity contribution in [1.29, 1.82) is 0 Å². The number of aliphatic hydroxyl groups excluding tert-OH is 1. The second-order valence-electron chi connectivity index (χ2n) is 8.74. The summed E-state index contributed by atoms with van der Waals surface area (Å²) in [5.41, 5.74) is 1.18. The Hall–Kier alpha value is -3.12. The number of pyridine rings is 1. The average Bonchev–Trinajstić information content (AvgIpc) is 3.59. The molecule has 0 fully saturated rings. The zero-order valence-electron chi connectivity index (χ0n) is 19.6. The van der Waals surface area contributed by atoms with E-state index in [2.05, 4.69) is 19.9 Å². The Kier molecular flexibility index (Phi) is 6.88. The Morgan fingerprint density at radius 2 is 1.97 bits per heavy atom. The van der Waals surface area contributed by atoms with Gasteiger partial charge in [-0.15, -0.1) is 11.3 Å². The molecule has 2 atom stereocenters. The Balaban J connectivity index is 1.64. The summed E-state index contributed by atoms with van der Waals surface area (Å²) in [6.07, 6.45) is 4.15. The van der Waals surface area contributed by atoms with Crippen molar-refractivity contribution >= 4 is 43.0 Å². The molecule has 8 nitrogen and oxygen atoms in total. The average molecular weight is 555 g/mol. The third kappa shape index (κ3) is 5.04. The van der Waals surface area contributed by atoms with E-state index in [4.69, 9.17) is 11.6 Å². The predicted molar refractivity (Wildman–Crippen MR) is 144 cm³/mol. The van der Waals surface area contributed by atoms with Crippen molar-refractivity contribution in [3.05, 3.63) is 100 Å². The molecule has 0 aliphatic heterocycles. The molecule has 5 aromatic rings. The van der Waals surface area contributed by atoms with Gasteiger partial charge >= 0.3 is 0 Å². The number of halogens is 1. The van der Waals surface area contributed by atoms with Crippen molar-refractivity contribution < 1.29 is 18.6 Å². The van der Waals surface area contributed by atoms with Gasteiger partial charge in [-0.05, 0) is 47.7 Å². The lowest BCUT2D eigenvalue weighted by Crippen LogP contribution is -2.29. The van der Waals surface area contributed by atoms with Gasteiger partial charge in [0.05, 0.1) is 24.5 Å². The Morgan fingerprint density at radius 1 is 1.16 bits per heavy atom. The highest BCUT2D eigenvalue weighted by Gasteiger charge is 2.28. The highest BCUT2D eigenvalue weighted by Crippen LogP contribution is 2.40. The number of hydrogen-bond acceptors (Lipinski definition) is 7. The number of H-pyrrole nitrogens is 1. The van der Waals surface area contributed by atoms with E-state index >= 15 is 0 Å². The van der Waals surface area contributed by atoms with Crippen LogP contribution in [-0.4, -0.2) is 40.4 Å². The van der Waals surface area contributed by atoms with Crippen molar-refractivity contribution in [3.8, 4) is 11.3 Å². The molecule has 0 bridgehead atoms. The summed E-state index contributed by atoms with van der Waals surface area (Å²) in [6, 6.07) is 17.5. The van der Waals surface area contributed by atoms with Gasteiger partial charge in [0.25, 0.3) is 0 Å². The number of benzene rings is 2. The van der Waals surface area contributed by atoms with E-state index in [-0.39, 0.29) is 4.90 Å². The van der Waals surface area contributed by atoms with E-state index in [1.807, 2.05) is 30.3 Å². The first-order valence-corrected chi connectivity index (χ1v) is 14.0. The van der Waals surface area contributed by atoms with E-state index in [9.17, 15) is 18.6 Å². The molecular formula is C26H23ClN4O4S2. The molecule has 0 amide bonds. The zero-order valence-corrected chi connectivity index (χ0v) is 22.0. The smallest absolute Gasteiger partial charge is 0.244 e. The standard InChI is InChI=1S/C26H23ClN4O4S2/c1-26(33,15-32)17-9-10-28-22(12-17)20-7-4-5-16-11-23(36-25(16)20)24(19-6-2-3-8-21(19)27)31-37(34,35)18-13-29-30-14-18/h2-14,24,31-33H,15H2,1H3,(H,29,30)/t24?,26-/m0/s1. The molecule has 0 aliphatic carbocycles. The summed E-state index contributed by atoms with van der Waals surface area (Å²) in [7, 11) is -3.91. The van der Waals surface area contributed by atoms with Crippen LogP contribution in [0.4, 0.5) is 0 Å². The van der Waals surface area contributed by atoms with Crippen molar-refractivity contribution in [2.24, 2.45) is 0 Å². The van der Waals surface area contributed by atoms with Gasteiger partial charge in [-0.2, -0.15) is 9.82 Å². The molecular weight excluding hydrogens is 532 g/mol. The highest BCUT2D eigenvalue weighted by molar-refractivity contribution is 7.89. The van der Waals surface area contributed by atoms with Gasteiger partial charge in [0.2, 0.25) is 10.0 Å². The van der Waals surface area contributed by atoms with Crippen LogP contribution in [0.5, 0.6) is 0 Å². The van der Waals surface area contributed by atoms with E-state index in [1.54, 1.807) is 36.5 Å². The molecule has 3 heterocycles. The van der Waals surface area contributed by atoms with Crippen LogP contribution >= 0.6 is 22.9 Å². The SMILES string of the molecule is C[C@](O)(CO)c1ccnc(-c2cccc3cc(C(NS(=O)(=O)c4cn[nH]c4)c4ccccc4Cl)sc23)c1. The first-order chi connectivity index (χ1) is 17.7. The van der Waals surface area contributed by atoms with Gasteiger partial charge in [-0.1, -0.05) is 48.0 Å². The van der Waals surface area contributed by atoms with Crippen LogP contribution in [-0.2, 0) is 15.6 Å². The van der Waals surface area contributed by atoms with Gasteiger partial charge in [0.15, 0.2) is 0 Å². The topological polar surface area (TPSA) is 128 Å². The van der Waals surface area contributed by atoms with Gasteiger partial charge in [-0.3, -0.25) is 10.1 Å². The summed E-state index contributed by atoms with van der Waals surface area (Å²) >= 11 is 7.95. The Labute approximate surface area is 222 Å². The van der Waals surface area contributed by atoms with Crippen LogP contribution in [0.2, 0.25) is 5.02 Å². The number of nitrogens with zero attached hydrogens (tertiary/aromatic N) is 2. The molecule has 0 saturated carbocycles. The van der Waals surface area contributed by atoms with Crippen LogP contribution in [0.25, 0.3) is 21.3 Å². The number of nitrogens with one attached hydrogen (secondary N) is 2. The van der Waals surface area contributed by atoms with Crippen molar-refractivity contribution in [1.82, 2.24) is 19.9 Å². The lowest BCUT2D eigenvalue weighted by molar-refractivity contribution is -0.00230. The molecule has 3 aromatic heterocycles. The minimum Gasteiger partial charge on any atom is -0.393 e. The number of aromatic amines is 1. The fraction of sp³-hybridized carbons (Fsp3) is 0.154. The van der Waals surface area contributed by atoms with Crippen LogP contribution in [0.15, 0.2) is 84.1 Å². The number of fused-ring (bicyclic) bond motifs is 1. The lowest BCUT2D eigenvalue weighted by Gasteiger charge is -2.21. The van der Waals surface area contributed by atoms with Gasteiger partial charge in [-0.25, -0.2) is 8.42 Å². The van der Waals surface area contributed by atoms with E-state index < -0.39 is 28.3 Å². The first-order valence-electron chi connectivity index (χ1n) is 11.3. The fourth-order valence-electron chi connectivity index (χ4n) is 4.02. The minimum atomic E-state index is -3.91. The maximum absolute atomic E-state index is 13.2. The second kappa shape index (κ2) is 9.97. The number of hydrogen-bond donors (Lipinski definition) is 4. The largest absolute Gasteiger partial charge is 0.393 e. The third-order valence-electron chi connectivity index (χ3n) is 6.09. The second-order valence-corrected chi connectivity index (χ2v) is 11.9. The molecule has 0 aliphatic rings. The monoisotopic (exact) mass is 554 g/mol. The summed E-state index contributed by atoms with van der Waals surface area (Å²) in [6.45, 7) is 1.11. The van der Waals surface area contributed by atoms with E-state index in [0.29, 0.717) is 21.8 Å². The lowest BCUT2D eigenvalue weighted by atomic mass is 9.96. The molecule has 0 spiro atoms. The molecule has 4 N–H and O–H groups in total. The summed E-state index contributed by atoms with van der Waals surface area (Å²) in [4.78, 5) is 5.25. The van der Waals surface area contributed by atoms with E-state index in [0.717, 1.165) is 20.5 Å². The summed E-state index contributed by atoms with van der Waals surface area (Å²) in [5, 5.41) is 27.8. The molecule has 5 rings (SSSR count). The zero-order chi connectivity index (χ0) is 26.2. The van der Waals surface area contributed by atoms with Crippen molar-refractivity contribution in [3.63, 3.8) is 0 Å². The normalized spacial score (nSPS) is 14.5. The van der Waals surface area contributed by atoms with Crippen LogP contribution in [0, 0.1) is 0 Å². The maximum atomic E-state index is 13.2. The van der Waals surface area contributed by atoms with Gasteiger partial charge in [0.1, 0.15) is 10.5 Å². The summed E-state index contributed by atoms with van der Waals surface area (Å²) in [5.74, 6) is 0. The number of rotatable bonds is 8. The minimum absolute atomic E-state index is 0.0169. The van der Waals surface area contributed by atoms with Crippen LogP contribution < -0.4 is 4.72 Å². The maximum Gasteiger partial charge on any atom is 0.244 e.